The molecule has 14 heteroatoms. The fourth-order valence-electron chi connectivity index (χ4n) is 6.22. The SMILES string of the molecule is C=CC(=O)NC1CN(C(=O)CC2CCCC2)CC1Nc1ncc2cc(-c3c(Cl)c(OC)cc(OC)c3Cl)c(=O)n(CCOC)c2n1. The second-order valence-electron chi connectivity index (χ2n) is 11.5. The molecule has 2 N–H and O–H groups in total. The molecule has 3 heterocycles. The maximum Gasteiger partial charge on any atom is 0.260 e. The summed E-state index contributed by atoms with van der Waals surface area (Å²) in [5.74, 6) is 0.956. The first-order chi connectivity index (χ1) is 22.2. The molecule has 46 heavy (non-hydrogen) atoms. The van der Waals surface area contributed by atoms with Gasteiger partial charge >= 0.3 is 0 Å². The summed E-state index contributed by atoms with van der Waals surface area (Å²) in [6, 6.07) is 2.40. The molecule has 2 aromatic heterocycles. The number of rotatable bonds is 12. The van der Waals surface area contributed by atoms with E-state index in [4.69, 9.17) is 42.4 Å². The largest absolute Gasteiger partial charge is 0.495 e. The Morgan fingerprint density at radius 1 is 1.07 bits per heavy atom. The molecule has 2 atom stereocenters. The lowest BCUT2D eigenvalue weighted by molar-refractivity contribution is -0.131. The quantitative estimate of drug-likeness (QED) is 0.270. The minimum atomic E-state index is -0.408. The van der Waals surface area contributed by atoms with Gasteiger partial charge in [-0.15, -0.1) is 0 Å². The van der Waals surface area contributed by atoms with Crippen LogP contribution in [-0.4, -0.2) is 84.4 Å². The number of anilines is 1. The van der Waals surface area contributed by atoms with Crippen LogP contribution < -0.4 is 25.7 Å². The number of carbonyl (C=O) groups excluding carboxylic acids is 2. The van der Waals surface area contributed by atoms with E-state index in [0.29, 0.717) is 48.0 Å². The molecule has 12 nitrogen and oxygen atoms in total. The molecule has 2 unspecified atom stereocenters. The first kappa shape index (κ1) is 33.5. The van der Waals surface area contributed by atoms with E-state index in [0.717, 1.165) is 25.7 Å². The van der Waals surface area contributed by atoms with E-state index < -0.39 is 11.6 Å². The standard InChI is InChI=1S/C32H38Cl2N6O6/c1-5-25(41)36-21-16-39(26(42)12-18-8-6-7-9-18)17-22(21)37-32-35-15-19-13-20(31(43)40(10-11-44-2)30(19)38-32)27-28(33)23(45-3)14-24(46-4)29(27)34/h5,13-15,18,21-22H,1,6-12,16-17H2,2-4H3,(H,36,41)(H,35,37,38). The molecule has 2 fully saturated rings. The number of nitrogens with zero attached hydrogens (tertiary/aromatic N) is 4. The van der Waals surface area contributed by atoms with Gasteiger partial charge in [0.2, 0.25) is 17.8 Å². The van der Waals surface area contributed by atoms with Crippen molar-refractivity contribution in [2.45, 2.75) is 50.7 Å². The Morgan fingerprint density at radius 3 is 2.37 bits per heavy atom. The number of ether oxygens (including phenoxy) is 3. The summed E-state index contributed by atoms with van der Waals surface area (Å²) >= 11 is 13.4. The van der Waals surface area contributed by atoms with E-state index in [2.05, 4.69) is 22.2 Å². The molecule has 0 bridgehead atoms. The van der Waals surface area contributed by atoms with Gasteiger partial charge in [0, 0.05) is 49.8 Å². The van der Waals surface area contributed by atoms with E-state index in [1.165, 1.54) is 32.0 Å². The van der Waals surface area contributed by atoms with Crippen molar-refractivity contribution in [3.8, 4) is 22.6 Å². The highest BCUT2D eigenvalue weighted by atomic mass is 35.5. The van der Waals surface area contributed by atoms with Crippen molar-refractivity contribution in [3.05, 3.63) is 51.4 Å². The summed E-state index contributed by atoms with van der Waals surface area (Å²) in [6.45, 7) is 4.67. The summed E-state index contributed by atoms with van der Waals surface area (Å²) in [7, 11) is 4.46. The zero-order valence-corrected chi connectivity index (χ0v) is 27.6. The number of pyridine rings is 1. The van der Waals surface area contributed by atoms with Crippen molar-refractivity contribution >= 4 is 52.0 Å². The first-order valence-corrected chi connectivity index (χ1v) is 15.9. The molecule has 5 rings (SSSR count). The van der Waals surface area contributed by atoms with E-state index >= 15 is 0 Å². The third-order valence-corrected chi connectivity index (χ3v) is 9.38. The summed E-state index contributed by atoms with van der Waals surface area (Å²) < 4.78 is 17.6. The Morgan fingerprint density at radius 2 is 1.74 bits per heavy atom. The van der Waals surface area contributed by atoms with Gasteiger partial charge in [0.25, 0.3) is 5.56 Å². The second kappa shape index (κ2) is 14.7. The maximum atomic E-state index is 14.0. The Labute approximate surface area is 277 Å². The third kappa shape index (κ3) is 6.93. The van der Waals surface area contributed by atoms with Crippen LogP contribution in [0.2, 0.25) is 10.0 Å². The highest BCUT2D eigenvalue weighted by Crippen LogP contribution is 2.45. The first-order valence-electron chi connectivity index (χ1n) is 15.2. The van der Waals surface area contributed by atoms with Gasteiger partial charge in [-0.2, -0.15) is 4.98 Å². The monoisotopic (exact) mass is 672 g/mol. The average molecular weight is 674 g/mol. The fourth-order valence-corrected chi connectivity index (χ4v) is 6.92. The van der Waals surface area contributed by atoms with E-state index in [1.807, 2.05) is 0 Å². The van der Waals surface area contributed by atoms with Crippen LogP contribution in [0.4, 0.5) is 5.95 Å². The third-order valence-electron chi connectivity index (χ3n) is 8.63. The minimum absolute atomic E-state index is 0.0703. The predicted molar refractivity (Wildman–Crippen MR) is 177 cm³/mol. The van der Waals surface area contributed by atoms with Crippen LogP contribution in [-0.2, 0) is 20.9 Å². The Bertz CT molecular complexity index is 1660. The number of aromatic nitrogens is 3. The number of amides is 2. The number of hydrogen-bond donors (Lipinski definition) is 2. The lowest BCUT2D eigenvalue weighted by Gasteiger charge is -2.21. The molecule has 246 valence electrons. The van der Waals surface area contributed by atoms with Crippen LogP contribution in [0, 0.1) is 5.92 Å². The van der Waals surface area contributed by atoms with Crippen LogP contribution >= 0.6 is 23.2 Å². The van der Waals surface area contributed by atoms with Crippen molar-refractivity contribution in [2.75, 3.05) is 46.3 Å². The van der Waals surface area contributed by atoms with Crippen molar-refractivity contribution in [1.82, 2.24) is 24.8 Å². The van der Waals surface area contributed by atoms with Gasteiger partial charge in [-0.05, 0) is 30.9 Å². The predicted octanol–water partition coefficient (Wildman–Crippen LogP) is 4.30. The molecular formula is C32H38Cl2N6O6. The van der Waals surface area contributed by atoms with Gasteiger partial charge < -0.3 is 29.7 Å². The zero-order chi connectivity index (χ0) is 33.0. The summed E-state index contributed by atoms with van der Waals surface area (Å²) in [4.78, 5) is 50.5. The van der Waals surface area contributed by atoms with E-state index in [1.54, 1.807) is 23.2 Å². The van der Waals surface area contributed by atoms with Crippen LogP contribution in [0.5, 0.6) is 11.5 Å². The molecule has 1 aliphatic carbocycles. The van der Waals surface area contributed by atoms with Crippen molar-refractivity contribution in [1.29, 1.82) is 0 Å². The number of halogens is 2. The highest BCUT2D eigenvalue weighted by Gasteiger charge is 2.37. The van der Waals surface area contributed by atoms with Crippen LogP contribution in [0.1, 0.15) is 32.1 Å². The molecule has 0 spiro atoms. The van der Waals surface area contributed by atoms with Gasteiger partial charge in [-0.25, -0.2) is 4.98 Å². The number of fused-ring (bicyclic) bond motifs is 1. The molecule has 1 saturated heterocycles. The van der Waals surface area contributed by atoms with E-state index in [9.17, 15) is 14.4 Å². The number of methoxy groups -OCH3 is 3. The van der Waals surface area contributed by atoms with Crippen LogP contribution in [0.3, 0.4) is 0 Å². The molecule has 0 radical (unpaired) electrons. The molecule has 3 aromatic rings. The fraction of sp³-hybridized carbons (Fsp3) is 0.469. The average Bonchev–Trinajstić information content (AvgIpc) is 3.71. The minimum Gasteiger partial charge on any atom is -0.495 e. The molecule has 1 aliphatic heterocycles. The molecule has 2 aliphatic rings. The van der Waals surface area contributed by atoms with Crippen LogP contribution in [0.25, 0.3) is 22.2 Å². The summed E-state index contributed by atoms with van der Waals surface area (Å²) in [5, 5.41) is 7.09. The number of hydrogen-bond acceptors (Lipinski definition) is 9. The van der Waals surface area contributed by atoms with Gasteiger partial charge in [-0.1, -0.05) is 42.6 Å². The normalized spacial score (nSPS) is 18.2. The van der Waals surface area contributed by atoms with Gasteiger partial charge in [0.1, 0.15) is 17.1 Å². The van der Waals surface area contributed by atoms with E-state index in [-0.39, 0.29) is 58.1 Å². The lowest BCUT2D eigenvalue weighted by Crippen LogP contribution is -2.45. The van der Waals surface area contributed by atoms with Crippen molar-refractivity contribution in [2.24, 2.45) is 5.92 Å². The molecule has 1 saturated carbocycles. The number of likely N-dealkylation sites (tertiary alicyclic amines) is 1. The lowest BCUT2D eigenvalue weighted by atomic mass is 10.0. The topological polar surface area (TPSA) is 137 Å². The Kier molecular flexibility index (Phi) is 10.7. The summed E-state index contributed by atoms with van der Waals surface area (Å²) in [6.07, 6.45) is 7.75. The molecular weight excluding hydrogens is 635 g/mol. The Balaban J connectivity index is 1.51. The van der Waals surface area contributed by atoms with Gasteiger partial charge in [-0.3, -0.25) is 19.0 Å². The van der Waals surface area contributed by atoms with Crippen molar-refractivity contribution in [3.63, 3.8) is 0 Å². The van der Waals surface area contributed by atoms with Gasteiger partial charge in [0.05, 0.1) is 55.1 Å². The maximum absolute atomic E-state index is 14.0. The molecule has 1 aromatic carbocycles. The number of carbonyl (C=O) groups is 2. The van der Waals surface area contributed by atoms with Gasteiger partial charge in [0.15, 0.2) is 0 Å². The Hall–Kier alpha value is -3.87. The second-order valence-corrected chi connectivity index (χ2v) is 12.2. The molecule has 2 amide bonds. The number of benzene rings is 1. The highest BCUT2D eigenvalue weighted by molar-refractivity contribution is 6.41. The summed E-state index contributed by atoms with van der Waals surface area (Å²) in [5.41, 5.74) is 0.409. The smallest absolute Gasteiger partial charge is 0.260 e. The number of nitrogens with one attached hydrogen (secondary N) is 2. The van der Waals surface area contributed by atoms with Crippen molar-refractivity contribution < 1.29 is 23.8 Å². The zero-order valence-electron chi connectivity index (χ0n) is 26.1. The van der Waals surface area contributed by atoms with Crippen LogP contribution in [0.15, 0.2) is 35.8 Å².